The van der Waals surface area contributed by atoms with Gasteiger partial charge in [0.25, 0.3) is 0 Å². The fourth-order valence-corrected chi connectivity index (χ4v) is 1.05. The van der Waals surface area contributed by atoms with E-state index >= 15 is 0 Å². The second kappa shape index (κ2) is 6.01. The lowest BCUT2D eigenvalue weighted by Crippen LogP contribution is -2.05. The van der Waals surface area contributed by atoms with Gasteiger partial charge in [0, 0.05) is 18.5 Å². The predicted molar refractivity (Wildman–Crippen MR) is 62.0 cm³/mol. The largest absolute Gasteiger partial charge is 0.319 e. The van der Waals surface area contributed by atoms with Crippen LogP contribution in [0.1, 0.15) is 17.5 Å². The Morgan fingerprint density at radius 1 is 1.36 bits per heavy atom. The molecule has 72 valence electrons. The highest BCUT2D eigenvalue weighted by Gasteiger charge is 1.86. The first-order valence-electron chi connectivity index (χ1n) is 4.73. The van der Waals surface area contributed by atoms with E-state index in [1.165, 1.54) is 0 Å². The van der Waals surface area contributed by atoms with Crippen molar-refractivity contribution in [3.63, 3.8) is 0 Å². The van der Waals surface area contributed by atoms with Gasteiger partial charge in [-0.25, -0.2) is 0 Å². The summed E-state index contributed by atoms with van der Waals surface area (Å²) in [5.74, 6) is 6.21. The molecule has 0 spiro atoms. The third-order valence-electron chi connectivity index (χ3n) is 1.88. The van der Waals surface area contributed by atoms with Crippen molar-refractivity contribution in [2.75, 3.05) is 13.6 Å². The molecule has 1 aromatic carbocycles. The van der Waals surface area contributed by atoms with Gasteiger partial charge in [-0.2, -0.15) is 0 Å². The normalized spacial score (nSPS) is 8.93. The van der Waals surface area contributed by atoms with Gasteiger partial charge >= 0.3 is 0 Å². The van der Waals surface area contributed by atoms with Crippen molar-refractivity contribution in [1.82, 2.24) is 5.32 Å². The van der Waals surface area contributed by atoms with E-state index in [0.29, 0.717) is 0 Å². The summed E-state index contributed by atoms with van der Waals surface area (Å²) in [6, 6.07) is 8.08. The molecule has 0 saturated heterocycles. The quantitative estimate of drug-likeness (QED) is 0.563. The maximum atomic E-state index is 3.70. The fraction of sp³-hybridized carbons (Fsp3) is 0.231. The zero-order valence-electron chi connectivity index (χ0n) is 8.51. The van der Waals surface area contributed by atoms with Gasteiger partial charge in [-0.1, -0.05) is 36.6 Å². The van der Waals surface area contributed by atoms with Crippen molar-refractivity contribution in [3.05, 3.63) is 42.0 Å². The van der Waals surface area contributed by atoms with Crippen LogP contribution >= 0.6 is 0 Å². The Morgan fingerprint density at radius 3 is 2.64 bits per heavy atom. The smallest absolute Gasteiger partial charge is 0.0245 e. The van der Waals surface area contributed by atoms with E-state index in [1.54, 1.807) is 0 Å². The van der Waals surface area contributed by atoms with Crippen molar-refractivity contribution in [2.24, 2.45) is 0 Å². The summed E-state index contributed by atoms with van der Waals surface area (Å²) in [7, 11) is 1.93. The molecule has 0 bridgehead atoms. The molecule has 0 aliphatic carbocycles. The van der Waals surface area contributed by atoms with Gasteiger partial charge in [0.1, 0.15) is 0 Å². The molecule has 1 heteroatoms. The summed E-state index contributed by atoms with van der Waals surface area (Å²) in [5, 5.41) is 3.06. The molecular weight excluding hydrogens is 170 g/mol. The van der Waals surface area contributed by atoms with Gasteiger partial charge in [0.15, 0.2) is 0 Å². The molecular formula is C13H15N. The topological polar surface area (TPSA) is 12.0 Å². The van der Waals surface area contributed by atoms with Gasteiger partial charge in [0.2, 0.25) is 0 Å². The second-order valence-corrected chi connectivity index (χ2v) is 2.98. The summed E-state index contributed by atoms with van der Waals surface area (Å²) < 4.78 is 0. The molecule has 0 atom stereocenters. The summed E-state index contributed by atoms with van der Waals surface area (Å²) in [4.78, 5) is 0. The Bertz CT molecular complexity index is 338. The zero-order valence-corrected chi connectivity index (χ0v) is 8.51. The third-order valence-corrected chi connectivity index (χ3v) is 1.88. The predicted octanol–water partition coefficient (Wildman–Crippen LogP) is 2.29. The monoisotopic (exact) mass is 185 g/mol. The van der Waals surface area contributed by atoms with Crippen molar-refractivity contribution in [2.45, 2.75) is 6.42 Å². The van der Waals surface area contributed by atoms with Gasteiger partial charge in [-0.15, -0.1) is 0 Å². The number of rotatable bonds is 3. The van der Waals surface area contributed by atoms with Gasteiger partial charge in [0.05, 0.1) is 0 Å². The summed E-state index contributed by atoms with van der Waals surface area (Å²) in [6.45, 7) is 4.65. The van der Waals surface area contributed by atoms with Crippen molar-refractivity contribution in [3.8, 4) is 11.8 Å². The third kappa shape index (κ3) is 3.47. The number of benzene rings is 1. The van der Waals surface area contributed by atoms with E-state index in [4.69, 9.17) is 0 Å². The highest BCUT2D eigenvalue weighted by molar-refractivity contribution is 5.49. The van der Waals surface area contributed by atoms with Crippen LogP contribution in [0.2, 0.25) is 0 Å². The summed E-state index contributed by atoms with van der Waals surface area (Å²) in [6.07, 6.45) is 2.72. The first-order valence-corrected chi connectivity index (χ1v) is 4.73. The number of hydrogen-bond donors (Lipinski definition) is 1. The Labute approximate surface area is 85.8 Å². The van der Waals surface area contributed by atoms with Crippen LogP contribution in [-0.2, 0) is 0 Å². The highest BCUT2D eigenvalue weighted by Crippen LogP contribution is 2.03. The van der Waals surface area contributed by atoms with Crippen LogP contribution in [0.15, 0.2) is 30.8 Å². The fourth-order valence-electron chi connectivity index (χ4n) is 1.05. The van der Waals surface area contributed by atoms with Crippen LogP contribution < -0.4 is 5.32 Å². The van der Waals surface area contributed by atoms with Gasteiger partial charge < -0.3 is 5.32 Å². The average Bonchev–Trinajstić information content (AvgIpc) is 2.25. The maximum absolute atomic E-state index is 3.70. The first-order chi connectivity index (χ1) is 6.86. The Hall–Kier alpha value is -1.52. The SMILES string of the molecule is C=Cc1ccc(C#CCCNC)cc1. The molecule has 0 aliphatic rings. The molecule has 0 saturated carbocycles. The van der Waals surface area contributed by atoms with Gasteiger partial charge in [-0.3, -0.25) is 0 Å². The Balaban J connectivity index is 2.57. The molecule has 0 amide bonds. The Kier molecular flexibility index (Phi) is 4.54. The number of hydrogen-bond acceptors (Lipinski definition) is 1. The van der Waals surface area contributed by atoms with Crippen LogP contribution in [0.25, 0.3) is 6.08 Å². The lowest BCUT2D eigenvalue weighted by Gasteiger charge is -1.92. The van der Waals surface area contributed by atoms with E-state index in [2.05, 4.69) is 23.7 Å². The van der Waals surface area contributed by atoms with Crippen molar-refractivity contribution < 1.29 is 0 Å². The van der Waals surface area contributed by atoms with Gasteiger partial charge in [-0.05, 0) is 24.7 Å². The molecule has 1 rings (SSSR count). The van der Waals surface area contributed by atoms with Crippen LogP contribution in [-0.4, -0.2) is 13.6 Å². The minimum atomic E-state index is 0.889. The minimum absolute atomic E-state index is 0.889. The molecule has 14 heavy (non-hydrogen) atoms. The highest BCUT2D eigenvalue weighted by atomic mass is 14.8. The molecule has 0 aromatic heterocycles. The van der Waals surface area contributed by atoms with E-state index in [1.807, 2.05) is 37.4 Å². The zero-order chi connectivity index (χ0) is 10.2. The number of nitrogens with one attached hydrogen (secondary N) is 1. The summed E-state index contributed by atoms with van der Waals surface area (Å²) >= 11 is 0. The molecule has 0 radical (unpaired) electrons. The molecule has 0 unspecified atom stereocenters. The Morgan fingerprint density at radius 2 is 2.07 bits per heavy atom. The van der Waals surface area contributed by atoms with Crippen LogP contribution in [0, 0.1) is 11.8 Å². The molecule has 1 aromatic rings. The molecule has 0 fully saturated rings. The summed E-state index contributed by atoms with van der Waals surface area (Å²) in [5.41, 5.74) is 2.19. The standard InChI is InChI=1S/C13H15N/c1-3-12-7-9-13(10-8-12)6-4-5-11-14-2/h3,7-10,14H,1,5,11H2,2H3. The van der Waals surface area contributed by atoms with Crippen molar-refractivity contribution in [1.29, 1.82) is 0 Å². The lowest BCUT2D eigenvalue weighted by molar-refractivity contribution is 0.818. The van der Waals surface area contributed by atoms with Crippen molar-refractivity contribution >= 4 is 6.08 Å². The van der Waals surface area contributed by atoms with E-state index in [9.17, 15) is 0 Å². The van der Waals surface area contributed by atoms with Crippen LogP contribution in [0.3, 0.4) is 0 Å². The molecule has 0 aliphatic heterocycles. The van der Waals surface area contributed by atoms with E-state index < -0.39 is 0 Å². The molecule has 0 heterocycles. The van der Waals surface area contributed by atoms with E-state index in [0.717, 1.165) is 24.1 Å². The van der Waals surface area contributed by atoms with Crippen LogP contribution in [0.4, 0.5) is 0 Å². The molecule has 1 nitrogen and oxygen atoms in total. The van der Waals surface area contributed by atoms with Crippen LogP contribution in [0.5, 0.6) is 0 Å². The average molecular weight is 185 g/mol. The second-order valence-electron chi connectivity index (χ2n) is 2.98. The minimum Gasteiger partial charge on any atom is -0.319 e. The molecule has 1 N–H and O–H groups in total. The maximum Gasteiger partial charge on any atom is 0.0245 e. The first kappa shape index (κ1) is 10.6. The van der Waals surface area contributed by atoms with E-state index in [-0.39, 0.29) is 0 Å². The lowest BCUT2D eigenvalue weighted by atomic mass is 10.1.